The number of benzene rings is 1. The summed E-state index contributed by atoms with van der Waals surface area (Å²) in [4.78, 5) is 23.5. The molecule has 0 aromatic heterocycles. The highest BCUT2D eigenvalue weighted by Gasteiger charge is 2.36. The van der Waals surface area contributed by atoms with Gasteiger partial charge in [0, 0.05) is 0 Å². The lowest BCUT2D eigenvalue weighted by Gasteiger charge is -2.30. The van der Waals surface area contributed by atoms with Crippen LogP contribution in [0.2, 0.25) is 0 Å². The van der Waals surface area contributed by atoms with Crippen LogP contribution in [-0.4, -0.2) is 41.7 Å². The second kappa shape index (κ2) is 6.49. The number of rotatable bonds is 5. The lowest BCUT2D eigenvalue weighted by atomic mass is 10.1. The Morgan fingerprint density at radius 2 is 1.90 bits per heavy atom. The predicted molar refractivity (Wildman–Crippen MR) is 71.6 cm³/mol. The average Bonchev–Trinajstić information content (AvgIpc) is 2.43. The number of carbonyl (C=O) groups is 2. The number of ether oxygens (including phenoxy) is 1. The van der Waals surface area contributed by atoms with E-state index in [-0.39, 0.29) is 12.5 Å². The third-order valence-corrected chi connectivity index (χ3v) is 3.09. The summed E-state index contributed by atoms with van der Waals surface area (Å²) in [6.45, 7) is 1.93. The molecule has 1 aromatic carbocycles. The molecule has 1 heterocycles. The molecule has 1 aromatic rings. The van der Waals surface area contributed by atoms with E-state index in [0.717, 1.165) is 5.56 Å². The number of aliphatic hydroxyl groups is 1. The summed E-state index contributed by atoms with van der Waals surface area (Å²) >= 11 is 0. The molecule has 6 nitrogen and oxygen atoms in total. The fourth-order valence-corrected chi connectivity index (χ4v) is 1.97. The molecule has 0 saturated carbocycles. The van der Waals surface area contributed by atoms with Gasteiger partial charge in [0.2, 0.25) is 11.8 Å². The predicted octanol–water partition coefficient (Wildman–Crippen LogP) is -0.433. The van der Waals surface area contributed by atoms with Crippen molar-refractivity contribution in [3.8, 4) is 0 Å². The van der Waals surface area contributed by atoms with Gasteiger partial charge in [0.05, 0.1) is 19.3 Å². The first-order valence-corrected chi connectivity index (χ1v) is 6.48. The minimum atomic E-state index is -0.926. The number of carbonyl (C=O) groups excluding carboxylic acids is 2. The summed E-state index contributed by atoms with van der Waals surface area (Å²) in [6, 6.07) is 7.94. The first-order chi connectivity index (χ1) is 9.58. The van der Waals surface area contributed by atoms with Crippen LogP contribution in [0.1, 0.15) is 12.5 Å². The van der Waals surface area contributed by atoms with Gasteiger partial charge in [-0.05, 0) is 12.5 Å². The lowest BCUT2D eigenvalue weighted by Crippen LogP contribution is -2.65. The van der Waals surface area contributed by atoms with Crippen LogP contribution in [0.4, 0.5) is 0 Å². The second-order valence-corrected chi connectivity index (χ2v) is 4.79. The Kier molecular flexibility index (Phi) is 4.70. The van der Waals surface area contributed by atoms with E-state index in [1.807, 2.05) is 30.3 Å². The average molecular weight is 278 g/mol. The van der Waals surface area contributed by atoms with Crippen LogP contribution >= 0.6 is 0 Å². The van der Waals surface area contributed by atoms with E-state index in [1.165, 1.54) is 6.92 Å². The largest absolute Gasteiger partial charge is 0.391 e. The van der Waals surface area contributed by atoms with Gasteiger partial charge in [-0.3, -0.25) is 9.59 Å². The zero-order valence-electron chi connectivity index (χ0n) is 11.2. The smallest absolute Gasteiger partial charge is 0.245 e. The van der Waals surface area contributed by atoms with Crippen LogP contribution in [0.25, 0.3) is 0 Å². The van der Waals surface area contributed by atoms with Crippen molar-refractivity contribution < 1.29 is 19.4 Å². The molecule has 1 aliphatic heterocycles. The SMILES string of the molecule is C[C@@H](O)[C@@H]1NC(=O)[C@H](COCc2ccccc2)NC1=O. The van der Waals surface area contributed by atoms with Crippen LogP contribution in [0, 0.1) is 0 Å². The molecule has 6 heteroatoms. The first kappa shape index (κ1) is 14.5. The monoisotopic (exact) mass is 278 g/mol. The third kappa shape index (κ3) is 3.55. The van der Waals surface area contributed by atoms with Crippen LogP contribution < -0.4 is 10.6 Å². The van der Waals surface area contributed by atoms with Gasteiger partial charge >= 0.3 is 0 Å². The van der Waals surface area contributed by atoms with Crippen molar-refractivity contribution in [2.75, 3.05) is 6.61 Å². The van der Waals surface area contributed by atoms with Crippen LogP contribution in [0.5, 0.6) is 0 Å². The molecule has 0 aliphatic carbocycles. The van der Waals surface area contributed by atoms with E-state index in [4.69, 9.17) is 4.74 Å². The maximum atomic E-state index is 11.8. The summed E-state index contributed by atoms with van der Waals surface area (Å²) in [5.74, 6) is -0.739. The Balaban J connectivity index is 1.82. The Labute approximate surface area is 117 Å². The van der Waals surface area contributed by atoms with Crippen molar-refractivity contribution in [2.45, 2.75) is 31.7 Å². The number of hydrogen-bond acceptors (Lipinski definition) is 4. The molecular formula is C14H18N2O4. The second-order valence-electron chi connectivity index (χ2n) is 4.79. The van der Waals surface area contributed by atoms with Gasteiger partial charge in [0.1, 0.15) is 12.1 Å². The summed E-state index contributed by atoms with van der Waals surface area (Å²) in [5, 5.41) is 14.4. The van der Waals surface area contributed by atoms with Crippen LogP contribution in [-0.2, 0) is 20.9 Å². The van der Waals surface area contributed by atoms with Crippen molar-refractivity contribution in [1.82, 2.24) is 10.6 Å². The minimum absolute atomic E-state index is 0.0962. The third-order valence-electron chi connectivity index (χ3n) is 3.09. The Morgan fingerprint density at radius 1 is 1.20 bits per heavy atom. The topological polar surface area (TPSA) is 87.7 Å². The molecule has 0 spiro atoms. The standard InChI is InChI=1S/C14H18N2O4/c1-9(17)12-14(19)15-11(13(18)16-12)8-20-7-10-5-3-2-4-6-10/h2-6,9,11-12,17H,7-8H2,1H3,(H,15,19)(H,16,18)/t9-,11+,12+/m1/s1. The number of aliphatic hydroxyl groups excluding tert-OH is 1. The van der Waals surface area contributed by atoms with Gasteiger partial charge in [0.15, 0.2) is 0 Å². The minimum Gasteiger partial charge on any atom is -0.391 e. The molecule has 0 bridgehead atoms. The maximum absolute atomic E-state index is 11.8. The molecule has 0 unspecified atom stereocenters. The van der Waals surface area contributed by atoms with Crippen molar-refractivity contribution in [1.29, 1.82) is 0 Å². The zero-order chi connectivity index (χ0) is 14.5. The molecule has 2 amide bonds. The van der Waals surface area contributed by atoms with Crippen molar-refractivity contribution in [3.05, 3.63) is 35.9 Å². The molecule has 20 heavy (non-hydrogen) atoms. The van der Waals surface area contributed by atoms with Crippen molar-refractivity contribution in [3.63, 3.8) is 0 Å². The fourth-order valence-electron chi connectivity index (χ4n) is 1.97. The van der Waals surface area contributed by atoms with Crippen molar-refractivity contribution >= 4 is 11.8 Å². The van der Waals surface area contributed by atoms with E-state index < -0.39 is 24.1 Å². The van der Waals surface area contributed by atoms with Gasteiger partial charge in [-0.2, -0.15) is 0 Å². The number of amides is 2. The molecule has 1 aliphatic rings. The quantitative estimate of drug-likeness (QED) is 0.682. The van der Waals surface area contributed by atoms with E-state index in [0.29, 0.717) is 6.61 Å². The van der Waals surface area contributed by atoms with Gasteiger partial charge < -0.3 is 20.5 Å². The zero-order valence-corrected chi connectivity index (χ0v) is 11.2. The van der Waals surface area contributed by atoms with E-state index in [2.05, 4.69) is 10.6 Å². The van der Waals surface area contributed by atoms with Gasteiger partial charge in [-0.25, -0.2) is 0 Å². The van der Waals surface area contributed by atoms with E-state index in [9.17, 15) is 14.7 Å². The fraction of sp³-hybridized carbons (Fsp3) is 0.429. The molecular weight excluding hydrogens is 260 g/mol. The molecule has 0 radical (unpaired) electrons. The highest BCUT2D eigenvalue weighted by molar-refractivity contribution is 5.97. The molecule has 3 atom stereocenters. The summed E-state index contributed by atoms with van der Waals surface area (Å²) in [5.41, 5.74) is 0.997. The first-order valence-electron chi connectivity index (χ1n) is 6.48. The lowest BCUT2D eigenvalue weighted by molar-refractivity contribution is -0.141. The summed E-state index contributed by atoms with van der Waals surface area (Å²) < 4.78 is 5.44. The summed E-state index contributed by atoms with van der Waals surface area (Å²) in [7, 11) is 0. The number of piperazine rings is 1. The van der Waals surface area contributed by atoms with Crippen LogP contribution in [0.3, 0.4) is 0 Å². The number of nitrogens with one attached hydrogen (secondary N) is 2. The molecule has 108 valence electrons. The Bertz CT molecular complexity index is 475. The van der Waals surface area contributed by atoms with Crippen molar-refractivity contribution in [2.24, 2.45) is 0 Å². The maximum Gasteiger partial charge on any atom is 0.245 e. The summed E-state index contributed by atoms with van der Waals surface area (Å²) in [6.07, 6.45) is -0.926. The molecule has 2 rings (SSSR count). The van der Waals surface area contributed by atoms with Gasteiger partial charge in [0.25, 0.3) is 0 Å². The molecule has 3 N–H and O–H groups in total. The normalized spacial score (nSPS) is 23.9. The van der Waals surface area contributed by atoms with Gasteiger partial charge in [-0.15, -0.1) is 0 Å². The molecule has 1 fully saturated rings. The highest BCUT2D eigenvalue weighted by atomic mass is 16.5. The van der Waals surface area contributed by atoms with E-state index >= 15 is 0 Å². The highest BCUT2D eigenvalue weighted by Crippen LogP contribution is 2.05. The Hall–Kier alpha value is -1.92. The van der Waals surface area contributed by atoms with E-state index in [1.54, 1.807) is 0 Å². The Morgan fingerprint density at radius 3 is 2.55 bits per heavy atom. The van der Waals surface area contributed by atoms with Gasteiger partial charge in [-0.1, -0.05) is 30.3 Å². The van der Waals surface area contributed by atoms with Crippen LogP contribution in [0.15, 0.2) is 30.3 Å². The number of hydrogen-bond donors (Lipinski definition) is 3. The molecule has 1 saturated heterocycles.